The van der Waals surface area contributed by atoms with Crippen molar-refractivity contribution in [1.29, 1.82) is 0 Å². The van der Waals surface area contributed by atoms with Gasteiger partial charge in [0.1, 0.15) is 0 Å². The van der Waals surface area contributed by atoms with Gasteiger partial charge >= 0.3 is 0 Å². The normalized spacial score (nSPS) is 13.1. The van der Waals surface area contributed by atoms with E-state index >= 15 is 0 Å². The summed E-state index contributed by atoms with van der Waals surface area (Å²) >= 11 is 0. The van der Waals surface area contributed by atoms with Crippen LogP contribution in [0.4, 0.5) is 0 Å². The zero-order chi connectivity index (χ0) is 20.2. The molecule has 0 spiro atoms. The summed E-state index contributed by atoms with van der Waals surface area (Å²) in [4.78, 5) is 12.9. The van der Waals surface area contributed by atoms with Gasteiger partial charge in [0.05, 0.1) is 5.41 Å². The molecule has 0 bridgehead atoms. The van der Waals surface area contributed by atoms with Gasteiger partial charge in [-0.05, 0) is 56.6 Å². The summed E-state index contributed by atoms with van der Waals surface area (Å²) < 4.78 is 0. The number of nitrogens with one attached hydrogen (secondary N) is 1. The minimum absolute atomic E-state index is 0.0532. The highest BCUT2D eigenvalue weighted by atomic mass is 16.2. The Labute approximate surface area is 169 Å². The number of carbonyl (C=O) groups excluding carboxylic acids is 1. The van der Waals surface area contributed by atoms with E-state index in [1.165, 1.54) is 16.7 Å². The molecule has 0 aromatic heterocycles. The fourth-order valence-corrected chi connectivity index (χ4v) is 3.68. The summed E-state index contributed by atoms with van der Waals surface area (Å²) in [6, 6.07) is 19.0. The molecule has 2 rings (SSSR count). The zero-order valence-corrected chi connectivity index (χ0v) is 17.1. The second-order valence-electron chi connectivity index (χ2n) is 7.71. The largest absolute Gasteiger partial charge is 0.354 e. The predicted molar refractivity (Wildman–Crippen MR) is 117 cm³/mol. The van der Waals surface area contributed by atoms with Crippen LogP contribution in [0.1, 0.15) is 42.4 Å². The molecule has 0 aliphatic rings. The molecule has 0 aliphatic heterocycles. The minimum Gasteiger partial charge on any atom is -0.354 e. The fourth-order valence-electron chi connectivity index (χ4n) is 3.68. The number of rotatable bonds is 12. The molecule has 1 unspecified atom stereocenters. The van der Waals surface area contributed by atoms with E-state index < -0.39 is 5.41 Å². The molecule has 152 valence electrons. The third kappa shape index (κ3) is 6.77. The van der Waals surface area contributed by atoms with Gasteiger partial charge in [-0.1, -0.05) is 60.2 Å². The standard InChI is InChI=1S/C24H35N3O/c1-20-11-13-22(14-12-20)10-6-16-24(19-26,23(28)27-18-17-25)15-5-9-21-7-3-2-4-8-21/h2-4,7-8,11-14H,5-6,9-10,15-19,25-26H2,1H3,(H,27,28). The summed E-state index contributed by atoms with van der Waals surface area (Å²) in [5.74, 6) is 0.0532. The molecule has 28 heavy (non-hydrogen) atoms. The van der Waals surface area contributed by atoms with Crippen LogP contribution in [0.25, 0.3) is 0 Å². The molecule has 4 nitrogen and oxygen atoms in total. The van der Waals surface area contributed by atoms with Gasteiger partial charge in [0.15, 0.2) is 0 Å². The summed E-state index contributed by atoms with van der Waals surface area (Å²) in [5.41, 5.74) is 15.1. The number of amides is 1. The molecule has 0 fully saturated rings. The first-order chi connectivity index (χ1) is 13.6. The van der Waals surface area contributed by atoms with E-state index in [1.54, 1.807) is 0 Å². The van der Waals surface area contributed by atoms with E-state index in [0.29, 0.717) is 19.6 Å². The van der Waals surface area contributed by atoms with Crippen molar-refractivity contribution in [3.05, 3.63) is 71.3 Å². The Balaban J connectivity index is 1.98. The maximum atomic E-state index is 12.9. The minimum atomic E-state index is -0.519. The van der Waals surface area contributed by atoms with Crippen molar-refractivity contribution in [2.24, 2.45) is 16.9 Å². The molecule has 5 N–H and O–H groups in total. The Bertz CT molecular complexity index is 700. The number of nitrogens with two attached hydrogens (primary N) is 2. The van der Waals surface area contributed by atoms with Gasteiger partial charge in [-0.25, -0.2) is 0 Å². The van der Waals surface area contributed by atoms with Gasteiger partial charge in [0.25, 0.3) is 0 Å². The van der Waals surface area contributed by atoms with Crippen LogP contribution in [0, 0.1) is 12.3 Å². The number of benzene rings is 2. The molecule has 4 heteroatoms. The van der Waals surface area contributed by atoms with Crippen molar-refractivity contribution in [1.82, 2.24) is 5.32 Å². The third-order valence-electron chi connectivity index (χ3n) is 5.51. The van der Waals surface area contributed by atoms with Crippen molar-refractivity contribution < 1.29 is 4.79 Å². The lowest BCUT2D eigenvalue weighted by molar-refractivity contribution is -0.131. The molecule has 2 aromatic rings. The van der Waals surface area contributed by atoms with Crippen molar-refractivity contribution in [3.63, 3.8) is 0 Å². The lowest BCUT2D eigenvalue weighted by Gasteiger charge is -2.31. The highest BCUT2D eigenvalue weighted by molar-refractivity contribution is 5.82. The van der Waals surface area contributed by atoms with E-state index in [9.17, 15) is 4.79 Å². The van der Waals surface area contributed by atoms with Gasteiger partial charge < -0.3 is 16.8 Å². The number of hydrogen-bond acceptors (Lipinski definition) is 3. The molecule has 0 aliphatic carbocycles. The summed E-state index contributed by atoms with van der Waals surface area (Å²) in [7, 11) is 0. The van der Waals surface area contributed by atoms with Crippen LogP contribution in [-0.4, -0.2) is 25.5 Å². The highest BCUT2D eigenvalue weighted by Gasteiger charge is 2.35. The Morgan fingerprint density at radius 1 is 0.893 bits per heavy atom. The maximum absolute atomic E-state index is 12.9. The van der Waals surface area contributed by atoms with Crippen LogP contribution in [0.3, 0.4) is 0 Å². The van der Waals surface area contributed by atoms with E-state index in [2.05, 4.69) is 60.8 Å². The van der Waals surface area contributed by atoms with Crippen LogP contribution in [0.5, 0.6) is 0 Å². The molecular weight excluding hydrogens is 346 g/mol. The average Bonchev–Trinajstić information content (AvgIpc) is 2.73. The van der Waals surface area contributed by atoms with Gasteiger partial charge in [0.2, 0.25) is 5.91 Å². The molecule has 1 atom stereocenters. The van der Waals surface area contributed by atoms with Crippen LogP contribution < -0.4 is 16.8 Å². The van der Waals surface area contributed by atoms with Crippen molar-refractivity contribution >= 4 is 5.91 Å². The third-order valence-corrected chi connectivity index (χ3v) is 5.51. The quantitative estimate of drug-likeness (QED) is 0.527. The second kappa shape index (κ2) is 11.6. The average molecular weight is 382 g/mol. The van der Waals surface area contributed by atoms with Gasteiger partial charge in [-0.15, -0.1) is 0 Å². The van der Waals surface area contributed by atoms with Gasteiger partial charge in [0, 0.05) is 19.6 Å². The first kappa shape index (κ1) is 22.1. The molecule has 0 saturated carbocycles. The fraction of sp³-hybridized carbons (Fsp3) is 0.458. The summed E-state index contributed by atoms with van der Waals surface area (Å²) in [5, 5.41) is 2.99. The smallest absolute Gasteiger partial charge is 0.227 e. The Morgan fingerprint density at radius 3 is 2.00 bits per heavy atom. The van der Waals surface area contributed by atoms with E-state index in [1.807, 2.05) is 6.07 Å². The predicted octanol–water partition coefficient (Wildman–Crippen LogP) is 3.36. The Morgan fingerprint density at radius 2 is 1.46 bits per heavy atom. The van der Waals surface area contributed by atoms with Crippen LogP contribution >= 0.6 is 0 Å². The van der Waals surface area contributed by atoms with Crippen molar-refractivity contribution in [2.45, 2.75) is 45.4 Å². The lowest BCUT2D eigenvalue weighted by atomic mass is 9.76. The SMILES string of the molecule is Cc1ccc(CCCC(CN)(CCCc2ccccc2)C(=O)NCCN)cc1. The van der Waals surface area contributed by atoms with Gasteiger partial charge in [-0.2, -0.15) is 0 Å². The first-order valence-electron chi connectivity index (χ1n) is 10.4. The van der Waals surface area contributed by atoms with E-state index in [0.717, 1.165) is 38.5 Å². The summed E-state index contributed by atoms with van der Waals surface area (Å²) in [6.45, 7) is 3.40. The molecule has 0 saturated heterocycles. The summed E-state index contributed by atoms with van der Waals surface area (Å²) in [6.07, 6.45) is 5.41. The Hall–Kier alpha value is -2.17. The number of hydrogen-bond donors (Lipinski definition) is 3. The molecule has 2 aromatic carbocycles. The van der Waals surface area contributed by atoms with Crippen LogP contribution in [0.15, 0.2) is 54.6 Å². The monoisotopic (exact) mass is 381 g/mol. The van der Waals surface area contributed by atoms with Gasteiger partial charge in [-0.3, -0.25) is 4.79 Å². The number of carbonyl (C=O) groups is 1. The zero-order valence-electron chi connectivity index (χ0n) is 17.1. The molecule has 0 heterocycles. The topological polar surface area (TPSA) is 81.1 Å². The molecular formula is C24H35N3O. The van der Waals surface area contributed by atoms with Crippen molar-refractivity contribution in [3.8, 4) is 0 Å². The number of aryl methyl sites for hydroxylation is 3. The van der Waals surface area contributed by atoms with Crippen molar-refractivity contribution in [2.75, 3.05) is 19.6 Å². The van der Waals surface area contributed by atoms with E-state index in [-0.39, 0.29) is 5.91 Å². The van der Waals surface area contributed by atoms with Crippen LogP contribution in [0.2, 0.25) is 0 Å². The second-order valence-corrected chi connectivity index (χ2v) is 7.71. The lowest BCUT2D eigenvalue weighted by Crippen LogP contribution is -2.47. The Kier molecular flexibility index (Phi) is 9.18. The van der Waals surface area contributed by atoms with E-state index in [4.69, 9.17) is 11.5 Å². The molecule has 1 amide bonds. The maximum Gasteiger partial charge on any atom is 0.227 e. The highest BCUT2D eigenvalue weighted by Crippen LogP contribution is 2.31. The van der Waals surface area contributed by atoms with Crippen LogP contribution in [-0.2, 0) is 17.6 Å². The molecule has 0 radical (unpaired) electrons. The first-order valence-corrected chi connectivity index (χ1v) is 10.4.